The Hall–Kier alpha value is -2.02. The molecule has 1 fully saturated rings. The van der Waals surface area contributed by atoms with Crippen LogP contribution in [-0.4, -0.2) is 50.2 Å². The summed E-state index contributed by atoms with van der Waals surface area (Å²) in [6.07, 6.45) is 1.83. The third-order valence-corrected chi connectivity index (χ3v) is 5.40. The monoisotopic (exact) mass is 454 g/mol. The van der Waals surface area contributed by atoms with Crippen LogP contribution in [0.15, 0.2) is 42.5 Å². The second-order valence-corrected chi connectivity index (χ2v) is 8.15. The van der Waals surface area contributed by atoms with Gasteiger partial charge >= 0.3 is 0 Å². The Bertz CT molecular complexity index is 836. The van der Waals surface area contributed by atoms with E-state index in [1.165, 1.54) is 6.07 Å². The SMILES string of the molecule is O=C(COc1ccc(Cl)cc1)NCC1CCN(CCCOc2ccc(Cl)cc2F)C1. The van der Waals surface area contributed by atoms with E-state index in [9.17, 15) is 9.18 Å². The average molecular weight is 455 g/mol. The fraction of sp³-hybridized carbons (Fsp3) is 0.409. The largest absolute Gasteiger partial charge is 0.490 e. The highest BCUT2D eigenvalue weighted by molar-refractivity contribution is 6.30. The van der Waals surface area contributed by atoms with E-state index in [-0.39, 0.29) is 18.3 Å². The van der Waals surface area contributed by atoms with Crippen molar-refractivity contribution in [2.75, 3.05) is 39.4 Å². The summed E-state index contributed by atoms with van der Waals surface area (Å²) in [7, 11) is 0. The highest BCUT2D eigenvalue weighted by Crippen LogP contribution is 2.21. The average Bonchev–Trinajstić information content (AvgIpc) is 3.18. The van der Waals surface area contributed by atoms with Crippen molar-refractivity contribution >= 4 is 29.1 Å². The van der Waals surface area contributed by atoms with E-state index in [2.05, 4.69) is 10.2 Å². The van der Waals surface area contributed by atoms with Crippen molar-refractivity contribution in [1.82, 2.24) is 10.2 Å². The zero-order valence-corrected chi connectivity index (χ0v) is 18.1. The standard InChI is InChI=1S/C22H25Cl2FN2O3/c23-17-2-5-19(6-3-17)30-15-22(28)26-13-16-8-10-27(14-16)9-1-11-29-21-7-4-18(24)12-20(21)25/h2-7,12,16H,1,8-11,13-15H2,(H,26,28). The smallest absolute Gasteiger partial charge is 0.257 e. The zero-order valence-electron chi connectivity index (χ0n) is 16.6. The van der Waals surface area contributed by atoms with Crippen LogP contribution in [0.25, 0.3) is 0 Å². The van der Waals surface area contributed by atoms with E-state index >= 15 is 0 Å². The molecule has 1 heterocycles. The van der Waals surface area contributed by atoms with E-state index in [4.69, 9.17) is 32.7 Å². The summed E-state index contributed by atoms with van der Waals surface area (Å²) in [6.45, 7) is 3.84. The number of rotatable bonds is 10. The molecular weight excluding hydrogens is 430 g/mol. The molecule has 0 aliphatic carbocycles. The summed E-state index contributed by atoms with van der Waals surface area (Å²) in [5.41, 5.74) is 0. The van der Waals surface area contributed by atoms with Gasteiger partial charge in [-0.25, -0.2) is 4.39 Å². The van der Waals surface area contributed by atoms with Crippen molar-refractivity contribution in [1.29, 1.82) is 0 Å². The molecule has 1 aliphatic heterocycles. The number of halogens is 3. The third-order valence-electron chi connectivity index (χ3n) is 4.91. The molecule has 5 nitrogen and oxygen atoms in total. The fourth-order valence-corrected chi connectivity index (χ4v) is 3.62. The molecular formula is C22H25Cl2FN2O3. The van der Waals surface area contributed by atoms with Gasteiger partial charge in [-0.1, -0.05) is 23.2 Å². The summed E-state index contributed by atoms with van der Waals surface area (Å²) < 4.78 is 24.6. The van der Waals surface area contributed by atoms with Crippen molar-refractivity contribution in [3.8, 4) is 11.5 Å². The molecule has 8 heteroatoms. The molecule has 0 saturated carbocycles. The number of amides is 1. The van der Waals surface area contributed by atoms with Gasteiger partial charge in [0.1, 0.15) is 5.75 Å². The van der Waals surface area contributed by atoms with Crippen LogP contribution < -0.4 is 14.8 Å². The van der Waals surface area contributed by atoms with Gasteiger partial charge in [-0.3, -0.25) is 4.79 Å². The van der Waals surface area contributed by atoms with E-state index in [0.29, 0.717) is 34.9 Å². The number of carbonyl (C=O) groups excluding carboxylic acids is 1. The minimum Gasteiger partial charge on any atom is -0.490 e. The Labute approximate surface area is 186 Å². The van der Waals surface area contributed by atoms with Crippen molar-refractivity contribution in [3.63, 3.8) is 0 Å². The topological polar surface area (TPSA) is 50.8 Å². The minimum atomic E-state index is -0.445. The number of carbonyl (C=O) groups is 1. The lowest BCUT2D eigenvalue weighted by Crippen LogP contribution is -2.34. The van der Waals surface area contributed by atoms with Gasteiger partial charge in [-0.05, 0) is 67.8 Å². The molecule has 0 radical (unpaired) electrons. The molecule has 0 aromatic heterocycles. The van der Waals surface area contributed by atoms with Gasteiger partial charge in [0.2, 0.25) is 0 Å². The third kappa shape index (κ3) is 7.35. The number of hydrogen-bond donors (Lipinski definition) is 1. The number of hydrogen-bond acceptors (Lipinski definition) is 4. The highest BCUT2D eigenvalue weighted by Gasteiger charge is 2.22. The maximum atomic E-state index is 13.7. The lowest BCUT2D eigenvalue weighted by Gasteiger charge is -2.16. The first-order chi connectivity index (χ1) is 14.5. The van der Waals surface area contributed by atoms with E-state index in [1.807, 2.05) is 0 Å². The summed E-state index contributed by atoms with van der Waals surface area (Å²) in [6, 6.07) is 11.3. The Morgan fingerprint density at radius 3 is 2.67 bits per heavy atom. The molecule has 1 atom stereocenters. The van der Waals surface area contributed by atoms with Gasteiger partial charge in [0, 0.05) is 29.7 Å². The molecule has 3 rings (SSSR count). The molecule has 1 N–H and O–H groups in total. The summed E-state index contributed by atoms with van der Waals surface area (Å²) in [5, 5.41) is 3.91. The van der Waals surface area contributed by atoms with Crippen molar-refractivity contribution in [3.05, 3.63) is 58.3 Å². The highest BCUT2D eigenvalue weighted by atomic mass is 35.5. The van der Waals surface area contributed by atoms with Gasteiger partial charge < -0.3 is 19.7 Å². The predicted octanol–water partition coefficient (Wildman–Crippen LogP) is 4.42. The molecule has 0 spiro atoms. The van der Waals surface area contributed by atoms with Crippen LogP contribution in [0.3, 0.4) is 0 Å². The molecule has 162 valence electrons. The maximum Gasteiger partial charge on any atom is 0.257 e. The molecule has 30 heavy (non-hydrogen) atoms. The summed E-state index contributed by atoms with van der Waals surface area (Å²) in [4.78, 5) is 14.3. The first-order valence-corrected chi connectivity index (χ1v) is 10.7. The van der Waals surface area contributed by atoms with Gasteiger partial charge in [0.25, 0.3) is 5.91 Å². The quantitative estimate of drug-likeness (QED) is 0.539. The van der Waals surface area contributed by atoms with Crippen LogP contribution in [0.1, 0.15) is 12.8 Å². The zero-order chi connectivity index (χ0) is 21.3. The van der Waals surface area contributed by atoms with Gasteiger partial charge in [0.05, 0.1) is 6.61 Å². The number of nitrogens with one attached hydrogen (secondary N) is 1. The summed E-state index contributed by atoms with van der Waals surface area (Å²) >= 11 is 11.6. The van der Waals surface area contributed by atoms with Gasteiger partial charge in [0.15, 0.2) is 18.2 Å². The molecule has 2 aromatic rings. The first-order valence-electron chi connectivity index (χ1n) is 9.95. The van der Waals surface area contributed by atoms with Crippen molar-refractivity contribution in [2.24, 2.45) is 5.92 Å². The first kappa shape index (κ1) is 22.7. The van der Waals surface area contributed by atoms with Crippen LogP contribution in [0.4, 0.5) is 4.39 Å². The van der Waals surface area contributed by atoms with Crippen LogP contribution in [-0.2, 0) is 4.79 Å². The maximum absolute atomic E-state index is 13.7. The Balaban J connectivity index is 1.27. The number of benzene rings is 2. The number of nitrogens with zero attached hydrogens (tertiary/aromatic N) is 1. The predicted molar refractivity (Wildman–Crippen MR) is 116 cm³/mol. The second-order valence-electron chi connectivity index (χ2n) is 7.28. The Morgan fingerprint density at radius 2 is 1.90 bits per heavy atom. The summed E-state index contributed by atoms with van der Waals surface area (Å²) in [5.74, 6) is 0.671. The normalized spacial score (nSPS) is 16.4. The minimum absolute atomic E-state index is 0.0172. The lowest BCUT2D eigenvalue weighted by molar-refractivity contribution is -0.123. The Morgan fingerprint density at radius 1 is 1.13 bits per heavy atom. The van der Waals surface area contributed by atoms with Crippen molar-refractivity contribution < 1.29 is 18.7 Å². The molecule has 2 aromatic carbocycles. The van der Waals surface area contributed by atoms with Gasteiger partial charge in [-0.15, -0.1) is 0 Å². The molecule has 1 aliphatic rings. The Kier molecular flexibility index (Phi) is 8.61. The molecule has 1 saturated heterocycles. The molecule has 1 unspecified atom stereocenters. The van der Waals surface area contributed by atoms with Crippen LogP contribution in [0.2, 0.25) is 10.0 Å². The number of likely N-dealkylation sites (tertiary alicyclic amines) is 1. The van der Waals surface area contributed by atoms with E-state index in [0.717, 1.165) is 32.5 Å². The van der Waals surface area contributed by atoms with Crippen LogP contribution >= 0.6 is 23.2 Å². The lowest BCUT2D eigenvalue weighted by atomic mass is 10.1. The van der Waals surface area contributed by atoms with Gasteiger partial charge in [-0.2, -0.15) is 0 Å². The second kappa shape index (κ2) is 11.4. The van der Waals surface area contributed by atoms with Crippen LogP contribution in [0.5, 0.6) is 11.5 Å². The molecule has 1 amide bonds. The van der Waals surface area contributed by atoms with E-state index in [1.54, 1.807) is 36.4 Å². The molecule has 0 bridgehead atoms. The van der Waals surface area contributed by atoms with Crippen molar-refractivity contribution in [2.45, 2.75) is 12.8 Å². The van der Waals surface area contributed by atoms with E-state index < -0.39 is 5.82 Å². The fourth-order valence-electron chi connectivity index (χ4n) is 3.33. The van der Waals surface area contributed by atoms with Crippen LogP contribution in [0, 0.1) is 11.7 Å². The number of ether oxygens (including phenoxy) is 2.